The highest BCUT2D eigenvalue weighted by atomic mass is 79.9. The monoisotopic (exact) mass is 321 g/mol. The lowest BCUT2D eigenvalue weighted by atomic mass is 9.96. The van der Waals surface area contributed by atoms with Crippen LogP contribution in [0.15, 0.2) is 46.9 Å². The second kappa shape index (κ2) is 6.31. The number of halogens is 2. The first-order chi connectivity index (χ1) is 9.13. The van der Waals surface area contributed by atoms with Crippen molar-refractivity contribution < 1.29 is 4.39 Å². The van der Waals surface area contributed by atoms with Crippen molar-refractivity contribution >= 4 is 15.9 Å². The summed E-state index contributed by atoms with van der Waals surface area (Å²) < 4.78 is 14.5. The van der Waals surface area contributed by atoms with Crippen molar-refractivity contribution in [2.24, 2.45) is 5.73 Å². The zero-order valence-corrected chi connectivity index (χ0v) is 12.5. The van der Waals surface area contributed by atoms with Gasteiger partial charge in [-0.05, 0) is 39.5 Å². The molecule has 0 heterocycles. The Morgan fingerprint density at radius 3 is 2.68 bits per heavy atom. The maximum atomic E-state index is 14.1. The summed E-state index contributed by atoms with van der Waals surface area (Å²) in [4.78, 5) is 0. The van der Waals surface area contributed by atoms with Crippen LogP contribution in [0, 0.1) is 5.82 Å². The Bertz CT molecular complexity index is 568. The Morgan fingerprint density at radius 2 is 1.95 bits per heavy atom. The molecule has 1 nitrogen and oxygen atoms in total. The maximum Gasteiger partial charge on any atom is 0.142 e. The Hall–Kier alpha value is -1.19. The lowest BCUT2D eigenvalue weighted by Crippen LogP contribution is -2.14. The van der Waals surface area contributed by atoms with E-state index >= 15 is 0 Å². The van der Waals surface area contributed by atoms with E-state index in [4.69, 9.17) is 5.73 Å². The van der Waals surface area contributed by atoms with Crippen molar-refractivity contribution in [1.82, 2.24) is 0 Å². The molecule has 100 valence electrons. The summed E-state index contributed by atoms with van der Waals surface area (Å²) in [5.41, 5.74) is 8.90. The minimum atomic E-state index is -0.436. The van der Waals surface area contributed by atoms with Gasteiger partial charge in [0.1, 0.15) is 5.82 Å². The standard InChI is InChI=1S/C16H17BrFN/c1-2-5-11-6-3-7-12(10-11)16(19)13-8-4-9-14(17)15(13)18/h3-4,6-10,16H,2,5,19H2,1H3. The quantitative estimate of drug-likeness (QED) is 0.875. The highest BCUT2D eigenvalue weighted by Crippen LogP contribution is 2.27. The number of rotatable bonds is 4. The van der Waals surface area contributed by atoms with Gasteiger partial charge in [-0.25, -0.2) is 4.39 Å². The highest BCUT2D eigenvalue weighted by molar-refractivity contribution is 9.10. The van der Waals surface area contributed by atoms with E-state index in [1.54, 1.807) is 18.2 Å². The second-order valence-corrected chi connectivity index (χ2v) is 5.47. The van der Waals surface area contributed by atoms with Crippen LogP contribution in [0.4, 0.5) is 4.39 Å². The average molecular weight is 322 g/mol. The topological polar surface area (TPSA) is 26.0 Å². The molecule has 0 bridgehead atoms. The summed E-state index contributed by atoms with van der Waals surface area (Å²) in [6.07, 6.45) is 2.10. The molecule has 0 aliphatic rings. The fourth-order valence-electron chi connectivity index (χ4n) is 2.17. The summed E-state index contributed by atoms with van der Waals surface area (Å²) in [5.74, 6) is -0.282. The summed E-state index contributed by atoms with van der Waals surface area (Å²) in [7, 11) is 0. The van der Waals surface area contributed by atoms with Crippen LogP contribution < -0.4 is 5.73 Å². The first-order valence-electron chi connectivity index (χ1n) is 6.41. The Balaban J connectivity index is 2.35. The van der Waals surface area contributed by atoms with Gasteiger partial charge in [-0.2, -0.15) is 0 Å². The van der Waals surface area contributed by atoms with Gasteiger partial charge >= 0.3 is 0 Å². The molecular weight excluding hydrogens is 305 g/mol. The van der Waals surface area contributed by atoms with Crippen LogP contribution in [-0.2, 0) is 6.42 Å². The predicted octanol–water partition coefficient (Wildman–Crippen LogP) is 4.59. The molecule has 2 aromatic carbocycles. The SMILES string of the molecule is CCCc1cccc(C(N)c2cccc(Br)c2F)c1. The molecule has 0 fully saturated rings. The Kier molecular flexibility index (Phi) is 4.72. The number of nitrogens with two attached hydrogens (primary N) is 1. The van der Waals surface area contributed by atoms with Crippen molar-refractivity contribution in [2.75, 3.05) is 0 Å². The van der Waals surface area contributed by atoms with Crippen LogP contribution in [-0.4, -0.2) is 0 Å². The van der Waals surface area contributed by atoms with E-state index in [0.717, 1.165) is 18.4 Å². The zero-order chi connectivity index (χ0) is 13.8. The zero-order valence-electron chi connectivity index (χ0n) is 10.9. The fourth-order valence-corrected chi connectivity index (χ4v) is 2.55. The van der Waals surface area contributed by atoms with Crippen molar-refractivity contribution in [3.8, 4) is 0 Å². The van der Waals surface area contributed by atoms with Crippen molar-refractivity contribution in [1.29, 1.82) is 0 Å². The summed E-state index contributed by atoms with van der Waals surface area (Å²) >= 11 is 3.20. The number of benzene rings is 2. The van der Waals surface area contributed by atoms with E-state index in [1.165, 1.54) is 5.56 Å². The van der Waals surface area contributed by atoms with Gasteiger partial charge in [-0.1, -0.05) is 49.7 Å². The second-order valence-electron chi connectivity index (χ2n) is 4.62. The minimum absolute atomic E-state index is 0.282. The van der Waals surface area contributed by atoms with Crippen LogP contribution >= 0.6 is 15.9 Å². The molecular formula is C16H17BrFN. The smallest absolute Gasteiger partial charge is 0.142 e. The van der Waals surface area contributed by atoms with Crippen molar-refractivity contribution in [2.45, 2.75) is 25.8 Å². The van der Waals surface area contributed by atoms with Crippen LogP contribution in [0.2, 0.25) is 0 Å². The van der Waals surface area contributed by atoms with Gasteiger partial charge in [-0.15, -0.1) is 0 Å². The van der Waals surface area contributed by atoms with Crippen LogP contribution in [0.5, 0.6) is 0 Å². The van der Waals surface area contributed by atoms with Gasteiger partial charge in [-0.3, -0.25) is 0 Å². The van der Waals surface area contributed by atoms with Crippen LogP contribution in [0.3, 0.4) is 0 Å². The number of hydrogen-bond acceptors (Lipinski definition) is 1. The number of hydrogen-bond donors (Lipinski definition) is 1. The van der Waals surface area contributed by atoms with Gasteiger partial charge in [0.05, 0.1) is 10.5 Å². The molecule has 2 rings (SSSR count). The Labute approximate surface area is 121 Å². The molecule has 0 aromatic heterocycles. The number of aryl methyl sites for hydroxylation is 1. The third-order valence-corrected chi connectivity index (χ3v) is 3.78. The molecule has 0 saturated carbocycles. The third-order valence-electron chi connectivity index (χ3n) is 3.17. The highest BCUT2D eigenvalue weighted by Gasteiger charge is 2.15. The molecule has 0 spiro atoms. The van der Waals surface area contributed by atoms with E-state index in [-0.39, 0.29) is 5.82 Å². The summed E-state index contributed by atoms with van der Waals surface area (Å²) in [6, 6.07) is 12.9. The lowest BCUT2D eigenvalue weighted by Gasteiger charge is -2.15. The van der Waals surface area contributed by atoms with E-state index < -0.39 is 6.04 Å². The van der Waals surface area contributed by atoms with Gasteiger partial charge in [0.2, 0.25) is 0 Å². The molecule has 3 heteroatoms. The lowest BCUT2D eigenvalue weighted by molar-refractivity contribution is 0.593. The van der Waals surface area contributed by atoms with Gasteiger partial charge < -0.3 is 5.73 Å². The molecule has 19 heavy (non-hydrogen) atoms. The van der Waals surface area contributed by atoms with Gasteiger partial charge in [0.25, 0.3) is 0 Å². The van der Waals surface area contributed by atoms with Crippen molar-refractivity contribution in [3.63, 3.8) is 0 Å². The molecule has 0 saturated heterocycles. The molecule has 0 aliphatic heterocycles. The summed E-state index contributed by atoms with van der Waals surface area (Å²) in [5, 5.41) is 0. The molecule has 2 aromatic rings. The summed E-state index contributed by atoms with van der Waals surface area (Å²) in [6.45, 7) is 2.14. The van der Waals surface area contributed by atoms with Crippen LogP contribution in [0.25, 0.3) is 0 Å². The fraction of sp³-hybridized carbons (Fsp3) is 0.250. The molecule has 0 radical (unpaired) electrons. The molecule has 0 aliphatic carbocycles. The van der Waals surface area contributed by atoms with E-state index in [0.29, 0.717) is 10.0 Å². The van der Waals surface area contributed by atoms with Crippen LogP contribution in [0.1, 0.15) is 36.1 Å². The Morgan fingerprint density at radius 1 is 1.21 bits per heavy atom. The third kappa shape index (κ3) is 3.23. The van der Waals surface area contributed by atoms with Gasteiger partial charge in [0.15, 0.2) is 0 Å². The molecule has 0 amide bonds. The predicted molar refractivity (Wildman–Crippen MR) is 80.6 cm³/mol. The maximum absolute atomic E-state index is 14.1. The molecule has 1 atom stereocenters. The first-order valence-corrected chi connectivity index (χ1v) is 7.21. The largest absolute Gasteiger partial charge is 0.320 e. The van der Waals surface area contributed by atoms with E-state index in [1.807, 2.05) is 12.1 Å². The normalized spacial score (nSPS) is 12.4. The van der Waals surface area contributed by atoms with E-state index in [9.17, 15) is 4.39 Å². The molecule has 2 N–H and O–H groups in total. The average Bonchev–Trinajstić information content (AvgIpc) is 2.42. The van der Waals surface area contributed by atoms with Gasteiger partial charge in [0, 0.05) is 5.56 Å². The minimum Gasteiger partial charge on any atom is -0.320 e. The first kappa shape index (κ1) is 14.2. The molecule has 1 unspecified atom stereocenters. The van der Waals surface area contributed by atoms with E-state index in [2.05, 4.69) is 35.0 Å². The van der Waals surface area contributed by atoms with Crippen molar-refractivity contribution in [3.05, 3.63) is 69.4 Å².